The second-order valence-electron chi connectivity index (χ2n) is 4.17. The summed E-state index contributed by atoms with van der Waals surface area (Å²) >= 11 is 7.27. The average Bonchev–Trinajstić information content (AvgIpc) is 2.94. The number of carboxylic acids is 1. The van der Waals surface area contributed by atoms with Crippen LogP contribution in [0.4, 0.5) is 0 Å². The Hall–Kier alpha value is -2.05. The Morgan fingerprint density at radius 3 is 2.82 bits per heavy atom. The van der Waals surface area contributed by atoms with E-state index < -0.39 is 5.97 Å². The smallest absolute Gasteiger partial charge is 0.347 e. The van der Waals surface area contributed by atoms with E-state index in [2.05, 4.69) is 4.98 Å². The van der Waals surface area contributed by atoms with Gasteiger partial charge < -0.3 is 14.6 Å². The van der Waals surface area contributed by atoms with Crippen molar-refractivity contribution >= 4 is 41.1 Å². The van der Waals surface area contributed by atoms with E-state index in [4.69, 9.17) is 26.2 Å². The Morgan fingerprint density at radius 1 is 1.45 bits per heavy atom. The second-order valence-corrected chi connectivity index (χ2v) is 5.64. The quantitative estimate of drug-likeness (QED) is 0.859. The first-order valence-electron chi connectivity index (χ1n) is 6.42. The zero-order valence-corrected chi connectivity index (χ0v) is 13.6. The number of ether oxygens (including phenoxy) is 2. The van der Waals surface area contributed by atoms with E-state index in [0.717, 1.165) is 16.9 Å². The molecule has 2 rings (SSSR count). The first-order valence-corrected chi connectivity index (χ1v) is 7.62. The van der Waals surface area contributed by atoms with Crippen LogP contribution in [0, 0.1) is 0 Å². The number of carbonyl (C=O) groups is 1. The highest BCUT2D eigenvalue weighted by atomic mass is 35.5. The minimum absolute atomic E-state index is 0.197. The molecule has 1 aromatic carbocycles. The van der Waals surface area contributed by atoms with Gasteiger partial charge in [0.2, 0.25) is 0 Å². The van der Waals surface area contributed by atoms with Crippen molar-refractivity contribution in [3.63, 3.8) is 0 Å². The van der Waals surface area contributed by atoms with Crippen molar-refractivity contribution in [3.05, 3.63) is 38.8 Å². The molecule has 0 unspecified atom stereocenters. The van der Waals surface area contributed by atoms with Gasteiger partial charge in [-0.3, -0.25) is 0 Å². The van der Waals surface area contributed by atoms with Crippen molar-refractivity contribution in [2.75, 3.05) is 13.7 Å². The molecule has 0 bridgehead atoms. The Labute approximate surface area is 136 Å². The van der Waals surface area contributed by atoms with Gasteiger partial charge >= 0.3 is 5.97 Å². The van der Waals surface area contributed by atoms with E-state index in [9.17, 15) is 4.79 Å². The van der Waals surface area contributed by atoms with Gasteiger partial charge in [0.25, 0.3) is 0 Å². The molecule has 0 radical (unpaired) electrons. The lowest BCUT2D eigenvalue weighted by atomic mass is 10.2. The fourth-order valence-electron chi connectivity index (χ4n) is 1.78. The summed E-state index contributed by atoms with van der Waals surface area (Å²) in [7, 11) is 1.53. The molecule has 0 aliphatic heterocycles. The molecule has 5 nitrogen and oxygen atoms in total. The number of nitrogens with zero attached hydrogens (tertiary/aromatic N) is 1. The maximum atomic E-state index is 10.8. The molecule has 0 aliphatic carbocycles. The molecule has 1 heterocycles. The van der Waals surface area contributed by atoms with Crippen LogP contribution in [-0.4, -0.2) is 29.8 Å². The summed E-state index contributed by atoms with van der Waals surface area (Å²) in [6, 6.07) is 3.54. The molecule has 116 valence electrons. The third kappa shape index (κ3) is 3.78. The number of aromatic nitrogens is 1. The van der Waals surface area contributed by atoms with Gasteiger partial charge in [-0.25, -0.2) is 9.78 Å². The largest absolute Gasteiger partial charge is 0.491 e. The highest BCUT2D eigenvalue weighted by molar-refractivity contribution is 7.14. The standard InChI is InChI=1S/C15H14ClNO4S/c1-3-21-11-7-9(6-10(16)14(11)20-2)4-5-13-17-8-12(22-13)15(18)19/h4-8H,3H2,1-2H3,(H,18,19)/b5-4+. The predicted molar refractivity (Wildman–Crippen MR) is 87.2 cm³/mol. The summed E-state index contributed by atoms with van der Waals surface area (Å²) < 4.78 is 10.7. The number of benzene rings is 1. The fourth-order valence-corrected chi connectivity index (χ4v) is 2.73. The zero-order chi connectivity index (χ0) is 16.1. The fraction of sp³-hybridized carbons (Fsp3) is 0.200. The van der Waals surface area contributed by atoms with E-state index in [1.807, 2.05) is 6.92 Å². The van der Waals surface area contributed by atoms with Gasteiger partial charge in [-0.05, 0) is 30.7 Å². The molecule has 1 aromatic heterocycles. The van der Waals surface area contributed by atoms with Crippen molar-refractivity contribution in [2.24, 2.45) is 0 Å². The lowest BCUT2D eigenvalue weighted by Crippen LogP contribution is -1.96. The van der Waals surface area contributed by atoms with Crippen LogP contribution in [0.3, 0.4) is 0 Å². The van der Waals surface area contributed by atoms with Crippen molar-refractivity contribution in [2.45, 2.75) is 6.92 Å². The lowest BCUT2D eigenvalue weighted by Gasteiger charge is -2.11. The third-order valence-corrected chi connectivity index (χ3v) is 3.92. The molecule has 0 saturated heterocycles. The highest BCUT2D eigenvalue weighted by Crippen LogP contribution is 2.36. The SMILES string of the molecule is CCOc1cc(/C=C/c2ncc(C(=O)O)s2)cc(Cl)c1OC. The molecule has 0 amide bonds. The van der Waals surface area contributed by atoms with E-state index in [-0.39, 0.29) is 4.88 Å². The molecule has 0 fully saturated rings. The molecule has 0 atom stereocenters. The summed E-state index contributed by atoms with van der Waals surface area (Å²) in [6.07, 6.45) is 4.85. The van der Waals surface area contributed by atoms with Crippen LogP contribution >= 0.6 is 22.9 Å². The van der Waals surface area contributed by atoms with Crippen LogP contribution in [0.2, 0.25) is 5.02 Å². The number of hydrogen-bond acceptors (Lipinski definition) is 5. The number of carboxylic acid groups (broad SMARTS) is 1. The molecule has 0 spiro atoms. The Morgan fingerprint density at radius 2 is 2.23 bits per heavy atom. The number of halogens is 1. The summed E-state index contributed by atoms with van der Waals surface area (Å²) in [5.41, 5.74) is 0.807. The highest BCUT2D eigenvalue weighted by Gasteiger charge is 2.11. The Kier molecular flexibility index (Phi) is 5.41. The van der Waals surface area contributed by atoms with Crippen LogP contribution in [0.5, 0.6) is 11.5 Å². The van der Waals surface area contributed by atoms with Gasteiger partial charge in [0, 0.05) is 0 Å². The third-order valence-electron chi connectivity index (χ3n) is 2.69. The first-order chi connectivity index (χ1) is 10.5. The summed E-state index contributed by atoms with van der Waals surface area (Å²) in [6.45, 7) is 2.37. The van der Waals surface area contributed by atoms with E-state index in [1.165, 1.54) is 13.3 Å². The van der Waals surface area contributed by atoms with Gasteiger partial charge in [-0.15, -0.1) is 11.3 Å². The van der Waals surface area contributed by atoms with E-state index >= 15 is 0 Å². The topological polar surface area (TPSA) is 68.7 Å². The summed E-state index contributed by atoms with van der Waals surface area (Å²) in [5.74, 6) is 0.0638. The number of hydrogen-bond donors (Lipinski definition) is 1. The van der Waals surface area contributed by atoms with Crippen molar-refractivity contribution in [1.29, 1.82) is 0 Å². The van der Waals surface area contributed by atoms with E-state index in [1.54, 1.807) is 24.3 Å². The van der Waals surface area contributed by atoms with Gasteiger partial charge in [0.1, 0.15) is 9.88 Å². The van der Waals surface area contributed by atoms with Crippen LogP contribution < -0.4 is 9.47 Å². The Balaban J connectivity index is 2.28. The second kappa shape index (κ2) is 7.29. The minimum atomic E-state index is -0.983. The average molecular weight is 340 g/mol. The number of rotatable bonds is 6. The van der Waals surface area contributed by atoms with Crippen LogP contribution in [0.15, 0.2) is 18.3 Å². The molecular weight excluding hydrogens is 326 g/mol. The molecule has 1 N–H and O–H groups in total. The maximum Gasteiger partial charge on any atom is 0.347 e. The molecule has 2 aromatic rings. The maximum absolute atomic E-state index is 10.8. The van der Waals surface area contributed by atoms with Crippen molar-refractivity contribution in [3.8, 4) is 11.5 Å². The number of aromatic carboxylic acids is 1. The van der Waals surface area contributed by atoms with E-state index in [0.29, 0.717) is 28.1 Å². The van der Waals surface area contributed by atoms with Gasteiger partial charge in [0.15, 0.2) is 11.5 Å². The van der Waals surface area contributed by atoms with Gasteiger partial charge in [-0.2, -0.15) is 0 Å². The monoisotopic (exact) mass is 339 g/mol. The minimum Gasteiger partial charge on any atom is -0.491 e. The molecule has 22 heavy (non-hydrogen) atoms. The van der Waals surface area contributed by atoms with Crippen LogP contribution in [-0.2, 0) is 0 Å². The lowest BCUT2D eigenvalue weighted by molar-refractivity contribution is 0.0702. The molecular formula is C15H14ClNO4S. The van der Waals surface area contributed by atoms with Crippen LogP contribution in [0.25, 0.3) is 12.2 Å². The van der Waals surface area contributed by atoms with Crippen LogP contribution in [0.1, 0.15) is 27.2 Å². The normalized spacial score (nSPS) is 10.9. The van der Waals surface area contributed by atoms with Crippen molar-refractivity contribution < 1.29 is 19.4 Å². The Bertz CT molecular complexity index is 712. The summed E-state index contributed by atoms with van der Waals surface area (Å²) in [4.78, 5) is 15.0. The van der Waals surface area contributed by atoms with Crippen molar-refractivity contribution in [1.82, 2.24) is 4.98 Å². The molecule has 7 heteroatoms. The predicted octanol–water partition coefficient (Wildman–Crippen LogP) is 4.07. The molecule has 0 saturated carbocycles. The van der Waals surface area contributed by atoms with Gasteiger partial charge in [0.05, 0.1) is 24.9 Å². The molecule has 0 aliphatic rings. The first kappa shape index (κ1) is 16.3. The number of methoxy groups -OCH3 is 1. The summed E-state index contributed by atoms with van der Waals surface area (Å²) in [5, 5.41) is 9.91. The zero-order valence-electron chi connectivity index (χ0n) is 12.0. The number of thiazole rings is 1. The van der Waals surface area contributed by atoms with Gasteiger partial charge in [-0.1, -0.05) is 17.7 Å².